The number of halogens is 3. The van der Waals surface area contributed by atoms with Gasteiger partial charge < -0.3 is 24.8 Å². The van der Waals surface area contributed by atoms with Crippen LogP contribution in [0.3, 0.4) is 0 Å². The average Bonchev–Trinajstić information content (AvgIpc) is 3.79. The number of amides is 2. The molecule has 14 heteroatoms. The van der Waals surface area contributed by atoms with Gasteiger partial charge >= 0.3 is 12.1 Å². The summed E-state index contributed by atoms with van der Waals surface area (Å²) >= 11 is 3.14. The summed E-state index contributed by atoms with van der Waals surface area (Å²) in [6, 6.07) is 21.8. The molecular weight excluding hydrogens is 690 g/mol. The van der Waals surface area contributed by atoms with E-state index in [1.807, 2.05) is 79.7 Å². The van der Waals surface area contributed by atoms with Crippen molar-refractivity contribution in [3.63, 3.8) is 0 Å². The van der Waals surface area contributed by atoms with E-state index in [0.717, 1.165) is 42.7 Å². The maximum absolute atomic E-state index is 13.1. The lowest BCUT2D eigenvalue weighted by Gasteiger charge is -2.41. The van der Waals surface area contributed by atoms with Crippen LogP contribution in [0.1, 0.15) is 59.4 Å². The molecule has 0 bridgehead atoms. The minimum Gasteiger partial charge on any atom is -0.392 e. The van der Waals surface area contributed by atoms with Crippen LogP contribution in [0.4, 0.5) is 13.2 Å². The molecule has 2 fully saturated rings. The van der Waals surface area contributed by atoms with Gasteiger partial charge in [0.1, 0.15) is 11.0 Å². The smallest absolute Gasteiger partial charge is 0.392 e. The van der Waals surface area contributed by atoms with Crippen molar-refractivity contribution in [2.75, 3.05) is 12.3 Å². The first-order chi connectivity index (χ1) is 24.0. The number of hydrogen-bond donors (Lipinski definition) is 2. The Morgan fingerprint density at radius 2 is 1.74 bits per heavy atom. The van der Waals surface area contributed by atoms with Crippen LogP contribution in [0, 0.1) is 12.8 Å². The number of hydrogen-bond acceptors (Lipinski definition) is 9. The number of nitrogens with one attached hydrogen (secondary N) is 1. The second-order valence-electron chi connectivity index (χ2n) is 12.4. The van der Waals surface area contributed by atoms with Gasteiger partial charge in [-0.1, -0.05) is 103 Å². The van der Waals surface area contributed by atoms with E-state index in [0.29, 0.717) is 17.1 Å². The van der Waals surface area contributed by atoms with Crippen molar-refractivity contribution in [1.82, 2.24) is 20.4 Å². The van der Waals surface area contributed by atoms with Crippen molar-refractivity contribution in [3.8, 4) is 11.1 Å². The molecule has 0 unspecified atom stereocenters. The molecule has 2 aliphatic heterocycles. The normalized spacial score (nSPS) is 22.4. The molecule has 2 amide bonds. The van der Waals surface area contributed by atoms with Gasteiger partial charge in [-0.3, -0.25) is 9.59 Å². The second kappa shape index (κ2) is 15.6. The number of nitrogens with zero attached hydrogens (tertiary/aromatic N) is 3. The Labute approximate surface area is 296 Å². The molecule has 0 radical (unpaired) electrons. The summed E-state index contributed by atoms with van der Waals surface area (Å²) in [7, 11) is 0. The fourth-order valence-electron chi connectivity index (χ4n) is 6.32. The number of rotatable bonds is 10. The quantitative estimate of drug-likeness (QED) is 0.173. The molecule has 0 spiro atoms. The van der Waals surface area contributed by atoms with E-state index in [4.69, 9.17) is 9.47 Å². The zero-order valence-electron chi connectivity index (χ0n) is 27.4. The van der Waals surface area contributed by atoms with Gasteiger partial charge in [0.15, 0.2) is 10.6 Å². The molecule has 3 heterocycles. The summed E-state index contributed by atoms with van der Waals surface area (Å²) < 4.78 is 53.3. The van der Waals surface area contributed by atoms with Crippen LogP contribution in [-0.4, -0.2) is 62.6 Å². The Morgan fingerprint density at radius 1 is 1.02 bits per heavy atom. The summed E-state index contributed by atoms with van der Waals surface area (Å²) in [6.07, 6.45) is -5.62. The monoisotopic (exact) mass is 726 g/mol. The molecule has 5 atom stereocenters. The van der Waals surface area contributed by atoms with Crippen molar-refractivity contribution in [2.24, 2.45) is 5.92 Å². The predicted octanol–water partition coefficient (Wildman–Crippen LogP) is 6.76. The molecule has 3 aromatic carbocycles. The third-order valence-corrected chi connectivity index (χ3v) is 11.1. The molecule has 6 rings (SSSR count). The molecule has 0 saturated carbocycles. The van der Waals surface area contributed by atoms with Crippen molar-refractivity contribution in [3.05, 3.63) is 100 Å². The van der Waals surface area contributed by atoms with Gasteiger partial charge in [0, 0.05) is 30.3 Å². The zero-order valence-corrected chi connectivity index (χ0v) is 29.1. The van der Waals surface area contributed by atoms with Gasteiger partial charge in [0.05, 0.1) is 18.8 Å². The number of thioether (sulfide) groups is 1. The number of ether oxygens (including phenoxy) is 2. The Kier molecular flexibility index (Phi) is 11.2. The topological polar surface area (TPSA) is 114 Å². The molecule has 1 aromatic heterocycles. The number of alkyl halides is 3. The van der Waals surface area contributed by atoms with Gasteiger partial charge in [0.25, 0.3) is 0 Å². The van der Waals surface area contributed by atoms with Crippen LogP contribution in [0.5, 0.6) is 0 Å². The standard InChI is InChI=1S/C36H37F3N4O5S2/c1-21-30(20-49-35-42-41-22(2)50-35)47-33(48-31(21)25-11-9-23(19-44)10-12-25)26-15-13-24(14-16-26)28-7-4-3-6-27(28)18-40-32(45)29-8-5-17-43(29)34(46)36(37,38)39/h3-4,6-7,9-16,21,29-31,33,44H,5,8,17-20H2,1-2H3,(H,40,45)/t21-,29+,30+,31+,33+/m1/s1. The van der Waals surface area contributed by atoms with Crippen LogP contribution in [0.25, 0.3) is 11.1 Å². The van der Waals surface area contributed by atoms with Crippen molar-refractivity contribution in [2.45, 2.75) is 74.9 Å². The van der Waals surface area contributed by atoms with E-state index in [1.165, 1.54) is 0 Å². The number of aromatic nitrogens is 2. The van der Waals surface area contributed by atoms with Gasteiger partial charge in [-0.05, 0) is 47.6 Å². The van der Waals surface area contributed by atoms with Crippen molar-refractivity contribution < 1.29 is 37.3 Å². The molecule has 9 nitrogen and oxygen atoms in total. The third kappa shape index (κ3) is 8.21. The third-order valence-electron chi connectivity index (χ3n) is 9.03. The van der Waals surface area contributed by atoms with Crippen LogP contribution in [0.2, 0.25) is 0 Å². The Bertz CT molecular complexity index is 1790. The largest absolute Gasteiger partial charge is 0.471 e. The number of aliphatic hydroxyl groups excluding tert-OH is 1. The highest BCUT2D eigenvalue weighted by Gasteiger charge is 2.47. The van der Waals surface area contributed by atoms with E-state index in [2.05, 4.69) is 22.4 Å². The number of benzene rings is 3. The van der Waals surface area contributed by atoms with Gasteiger partial charge in [-0.2, -0.15) is 13.2 Å². The first kappa shape index (κ1) is 36.0. The van der Waals surface area contributed by atoms with Crippen LogP contribution in [0.15, 0.2) is 77.1 Å². The summed E-state index contributed by atoms with van der Waals surface area (Å²) in [5, 5.41) is 21.6. The molecule has 2 saturated heterocycles. The molecule has 4 aromatic rings. The number of aryl methyl sites for hydroxylation is 1. The zero-order chi connectivity index (χ0) is 35.4. The SMILES string of the molecule is Cc1nnc(SC[C@@H]2O[C@H](c3ccc(-c4ccccc4CNC(=O)[C@@H]4CCCN4C(=O)C(F)(F)F)cc3)O[C@H](c3ccc(CO)cc3)[C@@H]2C)s1. The fraction of sp³-hybridized carbons (Fsp3) is 0.389. The Balaban J connectivity index is 1.17. The minimum atomic E-state index is -5.03. The molecule has 2 aliphatic rings. The van der Waals surface area contributed by atoms with Gasteiger partial charge in [-0.25, -0.2) is 0 Å². The highest BCUT2D eigenvalue weighted by Crippen LogP contribution is 2.43. The van der Waals surface area contributed by atoms with Crippen molar-refractivity contribution >= 4 is 34.9 Å². The second-order valence-corrected chi connectivity index (χ2v) is 14.8. The van der Waals surface area contributed by atoms with E-state index in [9.17, 15) is 27.9 Å². The summed E-state index contributed by atoms with van der Waals surface area (Å²) in [4.78, 5) is 25.4. The molecular formula is C36H37F3N4O5S2. The highest BCUT2D eigenvalue weighted by atomic mass is 32.2. The molecule has 2 N–H and O–H groups in total. The van der Waals surface area contributed by atoms with Gasteiger partial charge in [0.2, 0.25) is 5.91 Å². The number of likely N-dealkylation sites (tertiary alicyclic amines) is 1. The minimum absolute atomic E-state index is 0.0111. The lowest BCUT2D eigenvalue weighted by Crippen LogP contribution is -2.50. The molecule has 264 valence electrons. The van der Waals surface area contributed by atoms with Crippen molar-refractivity contribution in [1.29, 1.82) is 0 Å². The number of aliphatic hydroxyl groups is 1. The van der Waals surface area contributed by atoms with Crippen LogP contribution in [-0.2, 0) is 32.2 Å². The number of carbonyl (C=O) groups is 2. The fourth-order valence-corrected chi connectivity index (χ4v) is 8.33. The maximum Gasteiger partial charge on any atom is 0.471 e. The van der Waals surface area contributed by atoms with E-state index < -0.39 is 30.3 Å². The van der Waals surface area contributed by atoms with Crippen LogP contribution >= 0.6 is 23.1 Å². The first-order valence-electron chi connectivity index (χ1n) is 16.3. The lowest BCUT2D eigenvalue weighted by molar-refractivity contribution is -0.268. The number of carbonyl (C=O) groups excluding carboxylic acids is 2. The van der Waals surface area contributed by atoms with Crippen LogP contribution < -0.4 is 5.32 Å². The summed E-state index contributed by atoms with van der Waals surface area (Å²) in [6.45, 7) is 3.96. The van der Waals surface area contributed by atoms with E-state index in [-0.39, 0.29) is 44.2 Å². The van der Waals surface area contributed by atoms with E-state index >= 15 is 0 Å². The molecule has 0 aliphatic carbocycles. The predicted molar refractivity (Wildman–Crippen MR) is 183 cm³/mol. The summed E-state index contributed by atoms with van der Waals surface area (Å²) in [5.74, 6) is -1.93. The average molecular weight is 727 g/mol. The van der Waals surface area contributed by atoms with E-state index in [1.54, 1.807) is 23.1 Å². The Morgan fingerprint density at radius 3 is 2.42 bits per heavy atom. The molecule has 50 heavy (non-hydrogen) atoms. The Hall–Kier alpha value is -3.82. The maximum atomic E-state index is 13.1. The summed E-state index contributed by atoms with van der Waals surface area (Å²) in [5.41, 5.74) is 5.11. The first-order valence-corrected chi connectivity index (χ1v) is 18.1. The van der Waals surface area contributed by atoms with Gasteiger partial charge in [-0.15, -0.1) is 10.2 Å². The highest BCUT2D eigenvalue weighted by molar-refractivity contribution is 8.01. The lowest BCUT2D eigenvalue weighted by atomic mass is 9.91.